The monoisotopic (exact) mass is 360 g/mol. The second kappa shape index (κ2) is 6.52. The van der Waals surface area contributed by atoms with Gasteiger partial charge in [0.1, 0.15) is 5.82 Å². The van der Waals surface area contributed by atoms with Gasteiger partial charge in [0, 0.05) is 5.92 Å². The number of benzene rings is 1. The van der Waals surface area contributed by atoms with Gasteiger partial charge in [0.2, 0.25) is 6.79 Å². The summed E-state index contributed by atoms with van der Waals surface area (Å²) in [4.78, 5) is 20.9. The SMILES string of the molecule is COC(=O)c1nc(C2CC2)nc(CCc2ccc3c(c2)OCO3)c1Cl. The van der Waals surface area contributed by atoms with Crippen LogP contribution in [0.5, 0.6) is 11.5 Å². The zero-order valence-corrected chi connectivity index (χ0v) is 14.5. The summed E-state index contributed by atoms with van der Waals surface area (Å²) in [6, 6.07) is 5.85. The van der Waals surface area contributed by atoms with Crippen LogP contribution in [-0.2, 0) is 17.6 Å². The lowest BCUT2D eigenvalue weighted by Gasteiger charge is -2.10. The van der Waals surface area contributed by atoms with Crippen molar-refractivity contribution in [1.82, 2.24) is 9.97 Å². The van der Waals surface area contributed by atoms with E-state index in [4.69, 9.17) is 25.8 Å². The van der Waals surface area contributed by atoms with Gasteiger partial charge in [-0.3, -0.25) is 0 Å². The van der Waals surface area contributed by atoms with Gasteiger partial charge in [-0.1, -0.05) is 17.7 Å². The zero-order valence-electron chi connectivity index (χ0n) is 13.8. The van der Waals surface area contributed by atoms with Crippen molar-refractivity contribution in [2.24, 2.45) is 0 Å². The first-order chi connectivity index (χ1) is 12.2. The van der Waals surface area contributed by atoms with E-state index in [1.54, 1.807) is 0 Å². The van der Waals surface area contributed by atoms with E-state index in [9.17, 15) is 4.79 Å². The van der Waals surface area contributed by atoms with Gasteiger partial charge in [0.15, 0.2) is 17.2 Å². The first-order valence-electron chi connectivity index (χ1n) is 8.19. The molecule has 0 radical (unpaired) electrons. The molecule has 1 fully saturated rings. The number of hydrogen-bond donors (Lipinski definition) is 0. The number of halogens is 1. The molecule has 0 saturated heterocycles. The molecular weight excluding hydrogens is 344 g/mol. The van der Waals surface area contributed by atoms with Crippen molar-refractivity contribution in [1.29, 1.82) is 0 Å². The van der Waals surface area contributed by atoms with Crippen molar-refractivity contribution < 1.29 is 19.0 Å². The molecule has 2 aromatic rings. The maximum atomic E-state index is 12.0. The summed E-state index contributed by atoms with van der Waals surface area (Å²) >= 11 is 6.37. The molecule has 7 heteroatoms. The molecule has 4 rings (SSSR count). The molecule has 0 N–H and O–H groups in total. The van der Waals surface area contributed by atoms with E-state index in [-0.39, 0.29) is 17.5 Å². The van der Waals surface area contributed by atoms with Gasteiger partial charge in [-0.05, 0) is 43.4 Å². The first-order valence-corrected chi connectivity index (χ1v) is 8.56. The second-order valence-electron chi connectivity index (χ2n) is 6.14. The summed E-state index contributed by atoms with van der Waals surface area (Å²) < 4.78 is 15.5. The van der Waals surface area contributed by atoms with Crippen molar-refractivity contribution in [3.8, 4) is 11.5 Å². The fraction of sp³-hybridized carbons (Fsp3) is 0.389. The van der Waals surface area contributed by atoms with Crippen LogP contribution in [0.3, 0.4) is 0 Å². The molecule has 0 amide bonds. The molecule has 0 spiro atoms. The van der Waals surface area contributed by atoms with E-state index in [1.165, 1.54) is 7.11 Å². The summed E-state index contributed by atoms with van der Waals surface area (Å²) in [6.45, 7) is 0.254. The molecule has 1 aliphatic carbocycles. The zero-order chi connectivity index (χ0) is 17.4. The molecule has 0 unspecified atom stereocenters. The molecule has 0 bridgehead atoms. The van der Waals surface area contributed by atoms with Crippen LogP contribution < -0.4 is 9.47 Å². The van der Waals surface area contributed by atoms with Crippen LogP contribution in [0.2, 0.25) is 5.02 Å². The normalized spacial score (nSPS) is 15.3. The molecule has 130 valence electrons. The molecule has 1 aromatic carbocycles. The molecule has 25 heavy (non-hydrogen) atoms. The fourth-order valence-corrected chi connectivity index (χ4v) is 3.05. The molecule has 1 aromatic heterocycles. The number of rotatable bonds is 5. The van der Waals surface area contributed by atoms with E-state index in [0.29, 0.717) is 23.9 Å². The molecule has 1 aliphatic heterocycles. The first kappa shape index (κ1) is 16.1. The van der Waals surface area contributed by atoms with Crippen LogP contribution in [-0.4, -0.2) is 29.8 Å². The maximum absolute atomic E-state index is 12.0. The second-order valence-corrected chi connectivity index (χ2v) is 6.52. The number of aromatic nitrogens is 2. The van der Waals surface area contributed by atoms with E-state index in [2.05, 4.69) is 9.97 Å². The quantitative estimate of drug-likeness (QED) is 0.762. The summed E-state index contributed by atoms with van der Waals surface area (Å²) in [5, 5.41) is 0.275. The Morgan fingerprint density at radius 3 is 2.80 bits per heavy atom. The lowest BCUT2D eigenvalue weighted by atomic mass is 10.1. The number of carbonyl (C=O) groups excluding carboxylic acids is 1. The van der Waals surface area contributed by atoms with Crippen molar-refractivity contribution in [3.63, 3.8) is 0 Å². The predicted octanol–water partition coefficient (Wildman–Crippen LogP) is 3.31. The minimum absolute atomic E-state index is 0.154. The Kier molecular flexibility index (Phi) is 4.21. The van der Waals surface area contributed by atoms with E-state index >= 15 is 0 Å². The van der Waals surface area contributed by atoms with Crippen LogP contribution in [0.15, 0.2) is 18.2 Å². The Morgan fingerprint density at radius 2 is 2.04 bits per heavy atom. The van der Waals surface area contributed by atoms with Crippen LogP contribution in [0.4, 0.5) is 0 Å². The van der Waals surface area contributed by atoms with Gasteiger partial charge in [-0.2, -0.15) is 0 Å². The highest BCUT2D eigenvalue weighted by atomic mass is 35.5. The van der Waals surface area contributed by atoms with Crippen molar-refractivity contribution >= 4 is 17.6 Å². The van der Waals surface area contributed by atoms with Crippen molar-refractivity contribution in [3.05, 3.63) is 46.0 Å². The highest BCUT2D eigenvalue weighted by Crippen LogP contribution is 2.39. The Bertz CT molecular complexity index is 836. The van der Waals surface area contributed by atoms with Gasteiger partial charge < -0.3 is 14.2 Å². The number of ether oxygens (including phenoxy) is 3. The lowest BCUT2D eigenvalue weighted by Crippen LogP contribution is -2.12. The molecular formula is C18H17ClN2O4. The number of fused-ring (bicyclic) bond motifs is 1. The Morgan fingerprint density at radius 1 is 1.24 bits per heavy atom. The minimum atomic E-state index is -0.529. The van der Waals surface area contributed by atoms with Gasteiger partial charge in [0.25, 0.3) is 0 Å². The van der Waals surface area contributed by atoms with E-state index in [0.717, 1.165) is 36.3 Å². The minimum Gasteiger partial charge on any atom is -0.464 e. The van der Waals surface area contributed by atoms with Crippen LogP contribution >= 0.6 is 11.6 Å². The number of nitrogens with zero attached hydrogens (tertiary/aromatic N) is 2. The standard InChI is InChI=1S/C18H17ClN2O4/c1-23-18(22)16-15(19)12(20-17(21-16)11-4-5-11)6-2-10-3-7-13-14(8-10)25-9-24-13/h3,7-8,11H,2,4-6,9H2,1H3. The van der Waals surface area contributed by atoms with Crippen molar-refractivity contribution in [2.75, 3.05) is 13.9 Å². The van der Waals surface area contributed by atoms with Crippen LogP contribution in [0.1, 0.15) is 46.3 Å². The number of carbonyl (C=O) groups is 1. The van der Waals surface area contributed by atoms with Gasteiger partial charge in [0.05, 0.1) is 17.8 Å². The average molecular weight is 361 g/mol. The molecule has 6 nitrogen and oxygen atoms in total. The summed E-state index contributed by atoms with van der Waals surface area (Å²) in [5.74, 6) is 1.99. The van der Waals surface area contributed by atoms with E-state index in [1.807, 2.05) is 18.2 Å². The number of esters is 1. The molecule has 1 saturated carbocycles. The highest BCUT2D eigenvalue weighted by Gasteiger charge is 2.30. The predicted molar refractivity (Wildman–Crippen MR) is 90.3 cm³/mol. The third-order valence-corrected chi connectivity index (χ3v) is 4.74. The van der Waals surface area contributed by atoms with Gasteiger partial charge in [-0.25, -0.2) is 14.8 Å². The maximum Gasteiger partial charge on any atom is 0.358 e. The summed E-state index contributed by atoms with van der Waals surface area (Å²) in [6.07, 6.45) is 3.41. The van der Waals surface area contributed by atoms with Crippen LogP contribution in [0.25, 0.3) is 0 Å². The third kappa shape index (κ3) is 3.26. The summed E-state index contributed by atoms with van der Waals surface area (Å²) in [5.41, 5.74) is 1.92. The number of aryl methyl sites for hydroxylation is 2. The van der Waals surface area contributed by atoms with Gasteiger partial charge in [-0.15, -0.1) is 0 Å². The topological polar surface area (TPSA) is 70.5 Å². The van der Waals surface area contributed by atoms with Crippen LogP contribution in [0, 0.1) is 0 Å². The summed E-state index contributed by atoms with van der Waals surface area (Å²) in [7, 11) is 1.32. The van der Waals surface area contributed by atoms with E-state index < -0.39 is 5.97 Å². The molecule has 0 atom stereocenters. The number of hydrogen-bond acceptors (Lipinski definition) is 6. The molecule has 2 heterocycles. The Balaban J connectivity index is 1.58. The average Bonchev–Trinajstić information content (AvgIpc) is 3.37. The van der Waals surface area contributed by atoms with Crippen molar-refractivity contribution in [2.45, 2.75) is 31.6 Å². The fourth-order valence-electron chi connectivity index (χ4n) is 2.79. The van der Waals surface area contributed by atoms with Gasteiger partial charge >= 0.3 is 5.97 Å². The Labute approximate surface area is 150 Å². The lowest BCUT2D eigenvalue weighted by molar-refractivity contribution is 0.0593. The number of methoxy groups -OCH3 is 1. The molecule has 2 aliphatic rings. The third-order valence-electron chi connectivity index (χ3n) is 4.35. The smallest absolute Gasteiger partial charge is 0.358 e. The highest BCUT2D eigenvalue weighted by molar-refractivity contribution is 6.33. The Hall–Kier alpha value is -2.34. The largest absolute Gasteiger partial charge is 0.464 e.